The van der Waals surface area contributed by atoms with Crippen LogP contribution in [0.25, 0.3) is 0 Å². The van der Waals surface area contributed by atoms with Gasteiger partial charge in [-0.1, -0.05) is 0 Å². The van der Waals surface area contributed by atoms with Gasteiger partial charge in [-0.3, -0.25) is 0 Å². The van der Waals surface area contributed by atoms with E-state index in [9.17, 15) is 24.8 Å². The molecule has 5 nitrogen and oxygen atoms in total. The third-order valence-corrected chi connectivity index (χ3v) is 6.70. The zero-order valence-electron chi connectivity index (χ0n) is 10.9. The lowest BCUT2D eigenvalue weighted by Gasteiger charge is -2.50. The predicted octanol–water partition coefficient (Wildman–Crippen LogP) is -0.259. The molecule has 4 atom stereocenters. The predicted molar refractivity (Wildman–Crippen MR) is 68.4 cm³/mol. The molecule has 0 bridgehead atoms. The van der Waals surface area contributed by atoms with Crippen LogP contribution in [0.3, 0.4) is 0 Å². The molecule has 0 aromatic carbocycles. The minimum Gasteiger partial charge on any atom is -0.364 e. The lowest BCUT2D eigenvalue weighted by molar-refractivity contribution is -0.327. The number of hydrogen-bond acceptors (Lipinski definition) is 5. The van der Waals surface area contributed by atoms with Crippen molar-refractivity contribution < 1.29 is 24.8 Å². The van der Waals surface area contributed by atoms with E-state index in [1.165, 1.54) is 11.8 Å². The van der Waals surface area contributed by atoms with Gasteiger partial charge in [0.2, 0.25) is 5.91 Å². The molecule has 1 aliphatic heterocycles. The quantitative estimate of drug-likeness (QED) is 0.426. The molecule has 0 radical (unpaired) electrons. The van der Waals surface area contributed by atoms with E-state index in [2.05, 4.69) is 9.24 Å². The summed E-state index contributed by atoms with van der Waals surface area (Å²) in [6, 6.07) is 0. The summed E-state index contributed by atoms with van der Waals surface area (Å²) in [4.78, 5) is 1.27. The molecule has 2 aliphatic carbocycles. The molecule has 0 aromatic heterocycles. The van der Waals surface area contributed by atoms with Gasteiger partial charge in [0, 0.05) is 6.54 Å². The summed E-state index contributed by atoms with van der Waals surface area (Å²) in [5.74, 6) is -5.31. The molecule has 2 saturated carbocycles. The average Bonchev–Trinajstić information content (AvgIpc) is 3.11. The Morgan fingerprint density at radius 3 is 2.11 bits per heavy atom. The number of halogens is 1. The van der Waals surface area contributed by atoms with Crippen LogP contribution in [0, 0.1) is 11.3 Å². The molecule has 4 N–H and O–H groups in total. The van der Waals surface area contributed by atoms with Crippen molar-refractivity contribution in [3.05, 3.63) is 0 Å². The number of rotatable bonds is 3. The second-order valence-corrected chi connectivity index (χ2v) is 7.35. The molecule has 110 valence electrons. The van der Waals surface area contributed by atoms with E-state index in [4.69, 9.17) is 0 Å². The molecule has 1 heterocycles. The first-order chi connectivity index (χ1) is 8.56. The summed E-state index contributed by atoms with van der Waals surface area (Å²) in [6.07, 6.45) is 1.14. The standard InChI is InChI=1S/C12H21FNO4P/c1-9(15,16)12(19)10(2-3-10)4-5-14(12)11(17,18)7-6-8(7)13/h7-8,15-18H,2-6,19H2,1H3/t7?,8?,12-/m1/s1. The lowest BCUT2D eigenvalue weighted by atomic mass is 9.89. The zero-order valence-corrected chi connectivity index (χ0v) is 12.0. The van der Waals surface area contributed by atoms with Crippen molar-refractivity contribution in [2.45, 2.75) is 55.8 Å². The van der Waals surface area contributed by atoms with Crippen LogP contribution in [0.5, 0.6) is 0 Å². The van der Waals surface area contributed by atoms with Crippen molar-refractivity contribution in [1.29, 1.82) is 0 Å². The highest BCUT2D eigenvalue weighted by atomic mass is 31.0. The van der Waals surface area contributed by atoms with Gasteiger partial charge in [-0.2, -0.15) is 0 Å². The van der Waals surface area contributed by atoms with Crippen LogP contribution in [0.15, 0.2) is 0 Å². The molecule has 3 rings (SSSR count). The van der Waals surface area contributed by atoms with E-state index in [1.807, 2.05) is 0 Å². The maximum absolute atomic E-state index is 13.2. The van der Waals surface area contributed by atoms with Crippen molar-refractivity contribution in [2.24, 2.45) is 11.3 Å². The summed E-state index contributed by atoms with van der Waals surface area (Å²) in [5.41, 5.74) is -0.340. The Kier molecular flexibility index (Phi) is 2.73. The molecule has 1 saturated heterocycles. The number of likely N-dealkylation sites (tertiary alicyclic amines) is 1. The van der Waals surface area contributed by atoms with Gasteiger partial charge in [0.25, 0.3) is 0 Å². The Morgan fingerprint density at radius 2 is 1.74 bits per heavy atom. The molecule has 3 unspecified atom stereocenters. The summed E-state index contributed by atoms with van der Waals surface area (Å²) in [7, 11) is 2.40. The number of hydrogen-bond donors (Lipinski definition) is 4. The first-order valence-electron chi connectivity index (χ1n) is 6.66. The molecule has 0 amide bonds. The Hall–Kier alpha value is 0.160. The van der Waals surface area contributed by atoms with Gasteiger partial charge in [-0.15, -0.1) is 9.24 Å². The second kappa shape index (κ2) is 3.67. The SMILES string of the molecule is CC(O)(O)[C@]1(P)N(C(O)(O)C2CC2F)CCC12CC2. The van der Waals surface area contributed by atoms with Crippen molar-refractivity contribution in [1.82, 2.24) is 4.90 Å². The van der Waals surface area contributed by atoms with Gasteiger partial charge in [0.05, 0.1) is 11.2 Å². The molecule has 7 heteroatoms. The third-order valence-electron chi connectivity index (χ3n) is 5.23. The van der Waals surface area contributed by atoms with Gasteiger partial charge in [-0.25, -0.2) is 9.29 Å². The van der Waals surface area contributed by atoms with Crippen molar-refractivity contribution in [3.63, 3.8) is 0 Å². The maximum atomic E-state index is 13.2. The van der Waals surface area contributed by atoms with Crippen molar-refractivity contribution in [2.75, 3.05) is 6.54 Å². The minimum atomic E-state index is -2.33. The van der Waals surface area contributed by atoms with E-state index in [1.54, 1.807) is 0 Å². The summed E-state index contributed by atoms with van der Waals surface area (Å²) < 4.78 is 13.2. The number of alkyl halides is 1. The Bertz CT molecular complexity index is 409. The lowest BCUT2D eigenvalue weighted by Crippen LogP contribution is -2.67. The van der Waals surface area contributed by atoms with Gasteiger partial charge in [-0.05, 0) is 38.0 Å². The first-order valence-corrected chi connectivity index (χ1v) is 7.24. The molecule has 1 spiro atoms. The smallest absolute Gasteiger partial charge is 0.231 e. The fraction of sp³-hybridized carbons (Fsp3) is 1.00. The van der Waals surface area contributed by atoms with Gasteiger partial charge in [0.15, 0.2) is 5.79 Å². The Balaban J connectivity index is 1.97. The van der Waals surface area contributed by atoms with E-state index < -0.39 is 29.1 Å². The van der Waals surface area contributed by atoms with Crippen molar-refractivity contribution in [3.8, 4) is 0 Å². The largest absolute Gasteiger partial charge is 0.364 e. The second-order valence-electron chi connectivity index (χ2n) is 6.51. The highest BCUT2D eigenvalue weighted by molar-refractivity contribution is 7.19. The van der Waals surface area contributed by atoms with E-state index in [0.717, 1.165) is 12.8 Å². The monoisotopic (exact) mass is 293 g/mol. The summed E-state index contributed by atoms with van der Waals surface area (Å²) in [5, 5.41) is 39.6. The summed E-state index contributed by atoms with van der Waals surface area (Å²) in [6.45, 7) is 1.56. The fourth-order valence-electron chi connectivity index (χ4n) is 3.71. The summed E-state index contributed by atoms with van der Waals surface area (Å²) >= 11 is 0. The molecule has 19 heavy (non-hydrogen) atoms. The van der Waals surface area contributed by atoms with Gasteiger partial charge < -0.3 is 20.4 Å². The Labute approximate surface area is 113 Å². The van der Waals surface area contributed by atoms with Gasteiger partial charge >= 0.3 is 0 Å². The molecular formula is C12H21FNO4P. The average molecular weight is 293 g/mol. The normalized spacial score (nSPS) is 41.8. The molecule has 0 aromatic rings. The van der Waals surface area contributed by atoms with Crippen LogP contribution in [0.4, 0.5) is 4.39 Å². The highest BCUT2D eigenvalue weighted by Gasteiger charge is 2.74. The topological polar surface area (TPSA) is 84.2 Å². The van der Waals surface area contributed by atoms with E-state index in [0.29, 0.717) is 13.0 Å². The van der Waals surface area contributed by atoms with Crippen LogP contribution in [-0.2, 0) is 0 Å². The van der Waals surface area contributed by atoms with Gasteiger partial charge in [0.1, 0.15) is 6.17 Å². The maximum Gasteiger partial charge on any atom is 0.231 e. The van der Waals surface area contributed by atoms with E-state index in [-0.39, 0.29) is 11.8 Å². The highest BCUT2D eigenvalue weighted by Crippen LogP contribution is 2.69. The number of nitrogens with zero attached hydrogens (tertiary/aromatic N) is 1. The first kappa shape index (κ1) is 14.1. The van der Waals surface area contributed by atoms with Crippen LogP contribution in [0.2, 0.25) is 0 Å². The molecule has 3 fully saturated rings. The zero-order chi connectivity index (χ0) is 14.3. The fourth-order valence-corrected chi connectivity index (χ4v) is 4.46. The van der Waals surface area contributed by atoms with Crippen LogP contribution in [-0.4, -0.2) is 55.0 Å². The Morgan fingerprint density at radius 1 is 1.21 bits per heavy atom. The van der Waals surface area contributed by atoms with Crippen molar-refractivity contribution >= 4 is 9.24 Å². The minimum absolute atomic E-state index is 0.102. The molecular weight excluding hydrogens is 272 g/mol. The van der Waals surface area contributed by atoms with Crippen LogP contribution < -0.4 is 0 Å². The van der Waals surface area contributed by atoms with Crippen LogP contribution >= 0.6 is 9.24 Å². The number of aliphatic hydroxyl groups is 4. The van der Waals surface area contributed by atoms with Crippen LogP contribution in [0.1, 0.15) is 32.6 Å². The van der Waals surface area contributed by atoms with E-state index >= 15 is 0 Å². The third kappa shape index (κ3) is 1.68. The molecule has 3 aliphatic rings.